The van der Waals surface area contributed by atoms with Crippen molar-refractivity contribution in [1.82, 2.24) is 19.8 Å². The summed E-state index contributed by atoms with van der Waals surface area (Å²) in [6.45, 7) is 4.62. The quantitative estimate of drug-likeness (QED) is 0.381. The molecule has 4 amide bonds. The van der Waals surface area contributed by atoms with E-state index in [1.165, 1.54) is 10.5 Å². The van der Waals surface area contributed by atoms with E-state index in [9.17, 15) is 32.4 Å². The number of sulfonamides is 1. The Kier molecular flexibility index (Phi) is 10.0. The van der Waals surface area contributed by atoms with Crippen LogP contribution in [0.2, 0.25) is 0 Å². The molecule has 3 aliphatic heterocycles. The first-order chi connectivity index (χ1) is 24.5. The maximum absolute atomic E-state index is 14.6. The summed E-state index contributed by atoms with van der Waals surface area (Å²) in [7, 11) is -3.84. The number of fused-ring (bicyclic) bond motifs is 3. The summed E-state index contributed by atoms with van der Waals surface area (Å²) in [5.74, 6) is -2.18. The van der Waals surface area contributed by atoms with Gasteiger partial charge in [-0.25, -0.2) is 13.2 Å². The second-order valence-electron chi connectivity index (χ2n) is 15.7. The number of carbonyl (C=O) groups is 5. The minimum atomic E-state index is -3.84. The molecule has 51 heavy (non-hydrogen) atoms. The predicted molar refractivity (Wildman–Crippen MR) is 187 cm³/mol. The zero-order valence-electron chi connectivity index (χ0n) is 29.3. The fraction of sp³-hybridized carbons (Fsp3) is 0.658. The number of hydrogen-bond acceptors (Lipinski definition) is 8. The molecular weight excluding hydrogens is 673 g/mol. The number of benzene rings is 1. The van der Waals surface area contributed by atoms with E-state index in [1.54, 1.807) is 11.0 Å². The zero-order valence-corrected chi connectivity index (χ0v) is 30.1. The number of Topliss-reactive ketones (excluding diaryl/α,β-unsaturated/α-hetero) is 1. The molecule has 276 valence electrons. The van der Waals surface area contributed by atoms with Gasteiger partial charge in [-0.15, -0.1) is 6.58 Å². The lowest BCUT2D eigenvalue weighted by Crippen LogP contribution is -2.55. The van der Waals surface area contributed by atoms with Crippen molar-refractivity contribution in [3.8, 4) is 0 Å². The molecule has 0 radical (unpaired) electrons. The third kappa shape index (κ3) is 7.45. The molecule has 3 heterocycles. The molecule has 0 aromatic heterocycles. The van der Waals surface area contributed by atoms with Crippen LogP contribution in [0.3, 0.4) is 0 Å². The Hall–Kier alpha value is -3.74. The molecule has 1 saturated heterocycles. The Labute approximate surface area is 300 Å². The number of hydrogen-bond donors (Lipinski definition) is 2. The van der Waals surface area contributed by atoms with Crippen LogP contribution >= 0.6 is 0 Å². The lowest BCUT2D eigenvalue weighted by Gasteiger charge is -2.35. The summed E-state index contributed by atoms with van der Waals surface area (Å²) in [6, 6.07) is 4.28. The summed E-state index contributed by atoms with van der Waals surface area (Å²) in [4.78, 5) is 72.6. The molecule has 3 saturated carbocycles. The highest BCUT2D eigenvalue weighted by Crippen LogP contribution is 2.57. The van der Waals surface area contributed by atoms with Crippen molar-refractivity contribution in [2.45, 2.75) is 133 Å². The summed E-state index contributed by atoms with van der Waals surface area (Å²) in [6.07, 6.45) is 9.34. The van der Waals surface area contributed by atoms with Crippen LogP contribution in [0, 0.1) is 17.3 Å². The minimum Gasteiger partial charge on any atom is -0.444 e. The first-order valence-electron chi connectivity index (χ1n) is 18.9. The molecule has 13 heteroatoms. The van der Waals surface area contributed by atoms with Crippen molar-refractivity contribution in [2.75, 3.05) is 6.54 Å². The van der Waals surface area contributed by atoms with Gasteiger partial charge in [0.2, 0.25) is 27.7 Å². The molecule has 6 aliphatic rings. The molecule has 5 atom stereocenters. The molecule has 7 rings (SSSR count). The maximum Gasteiger partial charge on any atom is 0.410 e. The average molecular weight is 723 g/mol. The Morgan fingerprint density at radius 1 is 0.980 bits per heavy atom. The van der Waals surface area contributed by atoms with Gasteiger partial charge in [-0.2, -0.15) is 0 Å². The molecule has 2 N–H and O–H groups in total. The van der Waals surface area contributed by atoms with Gasteiger partial charge in [-0.1, -0.05) is 50.0 Å². The van der Waals surface area contributed by atoms with E-state index in [-0.39, 0.29) is 43.5 Å². The van der Waals surface area contributed by atoms with Gasteiger partial charge in [0.25, 0.3) is 0 Å². The van der Waals surface area contributed by atoms with Crippen LogP contribution in [-0.2, 0) is 53.4 Å². The van der Waals surface area contributed by atoms with E-state index in [4.69, 9.17) is 4.74 Å². The Bertz CT molecular complexity index is 1700. The monoisotopic (exact) mass is 722 g/mol. The molecule has 4 bridgehead atoms. The van der Waals surface area contributed by atoms with Crippen molar-refractivity contribution < 1.29 is 37.1 Å². The van der Waals surface area contributed by atoms with Crippen LogP contribution in [-0.4, -0.2) is 77.8 Å². The summed E-state index contributed by atoms with van der Waals surface area (Å²) in [5, 5.41) is 2.46. The van der Waals surface area contributed by atoms with E-state index < -0.39 is 62.6 Å². The number of carbonyl (C=O) groups excluding carboxylic acids is 5. The van der Waals surface area contributed by atoms with Crippen LogP contribution in [0.15, 0.2) is 30.9 Å². The first kappa shape index (κ1) is 35.7. The van der Waals surface area contributed by atoms with Gasteiger partial charge in [-0.3, -0.25) is 28.8 Å². The van der Waals surface area contributed by atoms with Gasteiger partial charge >= 0.3 is 6.09 Å². The number of amides is 4. The Morgan fingerprint density at radius 2 is 1.71 bits per heavy atom. The zero-order chi connectivity index (χ0) is 35.9. The lowest BCUT2D eigenvalue weighted by atomic mass is 9.83. The lowest BCUT2D eigenvalue weighted by molar-refractivity contribution is -0.143. The number of allylic oxidation sites excluding steroid dienone is 1. The summed E-state index contributed by atoms with van der Waals surface area (Å²) >= 11 is 0. The second-order valence-corrected chi connectivity index (χ2v) is 17.6. The van der Waals surface area contributed by atoms with Gasteiger partial charge in [-0.05, 0) is 79.9 Å². The first-order valence-corrected chi connectivity index (χ1v) is 20.4. The van der Waals surface area contributed by atoms with E-state index in [2.05, 4.69) is 22.7 Å². The van der Waals surface area contributed by atoms with E-state index in [0.29, 0.717) is 38.8 Å². The third-order valence-electron chi connectivity index (χ3n) is 12.1. The fourth-order valence-electron chi connectivity index (χ4n) is 8.86. The van der Waals surface area contributed by atoms with Gasteiger partial charge in [0.15, 0.2) is 5.78 Å². The molecule has 4 fully saturated rings. The van der Waals surface area contributed by atoms with Crippen molar-refractivity contribution in [3.05, 3.63) is 47.5 Å². The van der Waals surface area contributed by atoms with Crippen LogP contribution < -0.4 is 10.0 Å². The largest absolute Gasteiger partial charge is 0.444 e. The Balaban J connectivity index is 1.16. The maximum atomic E-state index is 14.6. The smallest absolute Gasteiger partial charge is 0.410 e. The Morgan fingerprint density at radius 3 is 2.43 bits per heavy atom. The molecule has 1 aromatic rings. The predicted octanol–water partition coefficient (Wildman–Crippen LogP) is 4.05. The number of ether oxygens (including phenoxy) is 1. The topological polar surface area (TPSA) is 159 Å². The number of nitrogens with one attached hydrogen (secondary N) is 2. The summed E-state index contributed by atoms with van der Waals surface area (Å²) in [5.41, 5.74) is 2.09. The fourth-order valence-corrected chi connectivity index (χ4v) is 10.2. The SMILES string of the molecule is C=C[C@@H]1C[C@]1(CC(=O)[C@@H]1C[C@@H]2CN1C(=O)[C@H](C1CCCCC1)NC(=O)CCCCCc1cccc3c1CN(C3)C(=O)O2)C(=O)NS(=O)(=O)C1CC1. The molecule has 0 unspecified atom stereocenters. The number of rotatable bonds is 8. The van der Waals surface area contributed by atoms with E-state index >= 15 is 0 Å². The van der Waals surface area contributed by atoms with E-state index in [0.717, 1.165) is 62.5 Å². The number of ketones is 1. The molecule has 1 aromatic carbocycles. The summed E-state index contributed by atoms with van der Waals surface area (Å²) < 4.78 is 33.7. The highest BCUT2D eigenvalue weighted by molar-refractivity contribution is 7.90. The molecular formula is C38H50N4O8S. The van der Waals surface area contributed by atoms with Gasteiger partial charge < -0.3 is 15.0 Å². The number of nitrogens with zero attached hydrogens (tertiary/aromatic N) is 2. The van der Waals surface area contributed by atoms with Gasteiger partial charge in [0.1, 0.15) is 12.1 Å². The highest BCUT2D eigenvalue weighted by Gasteiger charge is 2.61. The minimum absolute atomic E-state index is 0.0216. The van der Waals surface area contributed by atoms with Crippen LogP contribution in [0.4, 0.5) is 4.79 Å². The molecule has 3 aliphatic carbocycles. The molecule has 12 nitrogen and oxygen atoms in total. The molecule has 0 spiro atoms. The van der Waals surface area contributed by atoms with E-state index in [1.807, 2.05) is 12.1 Å². The van der Waals surface area contributed by atoms with Crippen molar-refractivity contribution in [1.29, 1.82) is 0 Å². The van der Waals surface area contributed by atoms with Crippen molar-refractivity contribution in [3.63, 3.8) is 0 Å². The van der Waals surface area contributed by atoms with Crippen molar-refractivity contribution in [2.24, 2.45) is 17.3 Å². The van der Waals surface area contributed by atoms with Crippen molar-refractivity contribution >= 4 is 39.6 Å². The van der Waals surface area contributed by atoms with Gasteiger partial charge in [0, 0.05) is 32.4 Å². The standard InChI is InChI=1S/C38H50N4O8S/c1-2-27-19-38(27,36(46)40-51(48,49)29-16-17-29)20-32(43)31-18-28-22-42(31)35(45)34(25-11-6-3-7-12-25)39-33(44)15-8-4-5-10-24-13-9-14-26-21-41(23-30(24)26)37(47)50-28/h2,9,13-14,25,27-29,31,34H,1,3-8,10-12,15-23H2,(H,39,44)(H,40,46)/t27-,28-,31+,34+,38-/m1/s1. The number of aryl methyl sites for hydroxylation is 1. The normalized spacial score (nSPS) is 30.5. The second kappa shape index (κ2) is 14.4. The third-order valence-corrected chi connectivity index (χ3v) is 14.0. The van der Waals surface area contributed by atoms with Gasteiger partial charge in [0.05, 0.1) is 23.3 Å². The van der Waals surface area contributed by atoms with Crippen LogP contribution in [0.5, 0.6) is 0 Å². The van der Waals surface area contributed by atoms with Crippen LogP contribution in [0.25, 0.3) is 0 Å². The highest BCUT2D eigenvalue weighted by atomic mass is 32.2. The average Bonchev–Trinajstić information content (AvgIpc) is 4.01. The van der Waals surface area contributed by atoms with Crippen LogP contribution in [0.1, 0.15) is 107 Å².